The van der Waals surface area contributed by atoms with Gasteiger partial charge in [0.25, 0.3) is 0 Å². The summed E-state index contributed by atoms with van der Waals surface area (Å²) in [5, 5.41) is 0. The molecule has 2 N–H and O–H groups in total. The van der Waals surface area contributed by atoms with Gasteiger partial charge < -0.3 is 10.6 Å². The number of thiocarbonyl (C=S) groups is 1. The predicted molar refractivity (Wildman–Crippen MR) is 90.8 cm³/mol. The molecule has 118 valence electrons. The van der Waals surface area contributed by atoms with E-state index >= 15 is 0 Å². The molecule has 0 fully saturated rings. The fourth-order valence-electron chi connectivity index (χ4n) is 2.22. The van der Waals surface area contributed by atoms with Crippen LogP contribution in [-0.2, 0) is 4.79 Å². The van der Waals surface area contributed by atoms with Gasteiger partial charge in [-0.2, -0.15) is 0 Å². The second-order valence-corrected chi connectivity index (χ2v) is 6.08. The molecule has 0 radical (unpaired) electrons. The fraction of sp³-hybridized carbons (Fsp3) is 0.875. The van der Waals surface area contributed by atoms with Gasteiger partial charge in [0, 0.05) is 25.4 Å². The quantitative estimate of drug-likeness (QED) is 0.439. The molecule has 0 saturated carbocycles. The highest BCUT2D eigenvalue weighted by atomic mass is 32.1. The molecule has 0 rings (SSSR count). The zero-order valence-electron chi connectivity index (χ0n) is 13.5. The molecule has 0 aromatic carbocycles. The number of nitrogens with two attached hydrogens (primary N) is 1. The van der Waals surface area contributed by atoms with Crippen LogP contribution in [0.1, 0.15) is 72.1 Å². The van der Waals surface area contributed by atoms with E-state index in [9.17, 15) is 4.79 Å². The lowest BCUT2D eigenvalue weighted by Crippen LogP contribution is -2.38. The highest BCUT2D eigenvalue weighted by molar-refractivity contribution is 7.80. The van der Waals surface area contributed by atoms with Gasteiger partial charge in [0.15, 0.2) is 0 Å². The summed E-state index contributed by atoms with van der Waals surface area (Å²) < 4.78 is 0. The zero-order chi connectivity index (χ0) is 15.4. The molecule has 4 heteroatoms. The van der Waals surface area contributed by atoms with Crippen molar-refractivity contribution in [2.45, 2.75) is 72.1 Å². The van der Waals surface area contributed by atoms with E-state index in [1.165, 1.54) is 32.1 Å². The van der Waals surface area contributed by atoms with Gasteiger partial charge in [-0.05, 0) is 13.3 Å². The maximum atomic E-state index is 12.1. The van der Waals surface area contributed by atoms with E-state index in [2.05, 4.69) is 6.92 Å². The number of amides is 1. The molecule has 20 heavy (non-hydrogen) atoms. The first-order valence-electron chi connectivity index (χ1n) is 8.10. The van der Waals surface area contributed by atoms with Gasteiger partial charge in [0.1, 0.15) is 0 Å². The molecular weight excluding hydrogens is 268 g/mol. The molecule has 0 aliphatic rings. The predicted octanol–water partition coefficient (Wildman–Crippen LogP) is 3.90. The van der Waals surface area contributed by atoms with E-state index in [1.807, 2.05) is 18.7 Å². The lowest BCUT2D eigenvalue weighted by atomic mass is 10.1. The van der Waals surface area contributed by atoms with Gasteiger partial charge >= 0.3 is 0 Å². The smallest absolute Gasteiger partial charge is 0.222 e. The summed E-state index contributed by atoms with van der Waals surface area (Å²) in [7, 11) is 0. The molecule has 1 amide bonds. The summed E-state index contributed by atoms with van der Waals surface area (Å²) >= 11 is 4.97. The maximum Gasteiger partial charge on any atom is 0.222 e. The van der Waals surface area contributed by atoms with E-state index in [0.29, 0.717) is 18.0 Å². The lowest BCUT2D eigenvalue weighted by Gasteiger charge is -2.24. The SMILES string of the molecule is CCCCCCCCCC(=O)N(CC)CC(C)C(N)=S. The number of carbonyl (C=O) groups is 1. The van der Waals surface area contributed by atoms with Crippen LogP contribution in [0.5, 0.6) is 0 Å². The highest BCUT2D eigenvalue weighted by Gasteiger charge is 2.15. The van der Waals surface area contributed by atoms with Crippen LogP contribution in [0.15, 0.2) is 0 Å². The minimum absolute atomic E-state index is 0.0999. The van der Waals surface area contributed by atoms with Crippen LogP contribution in [0, 0.1) is 5.92 Å². The lowest BCUT2D eigenvalue weighted by molar-refractivity contribution is -0.131. The minimum atomic E-state index is 0.0999. The molecule has 1 atom stereocenters. The Kier molecular flexibility index (Phi) is 11.7. The molecule has 0 saturated heterocycles. The number of hydrogen-bond donors (Lipinski definition) is 1. The van der Waals surface area contributed by atoms with Crippen molar-refractivity contribution in [3.63, 3.8) is 0 Å². The van der Waals surface area contributed by atoms with E-state index in [1.54, 1.807) is 0 Å². The summed E-state index contributed by atoms with van der Waals surface area (Å²) in [6.45, 7) is 7.61. The average molecular weight is 301 g/mol. The molecule has 0 aliphatic heterocycles. The largest absolute Gasteiger partial charge is 0.393 e. The van der Waals surface area contributed by atoms with Gasteiger partial charge in [-0.3, -0.25) is 4.79 Å². The van der Waals surface area contributed by atoms with E-state index < -0.39 is 0 Å². The Morgan fingerprint density at radius 1 is 1.10 bits per heavy atom. The average Bonchev–Trinajstić information content (AvgIpc) is 2.43. The number of nitrogens with zero attached hydrogens (tertiary/aromatic N) is 1. The third-order valence-electron chi connectivity index (χ3n) is 3.71. The Morgan fingerprint density at radius 2 is 1.65 bits per heavy atom. The number of hydrogen-bond acceptors (Lipinski definition) is 2. The Morgan fingerprint density at radius 3 is 2.15 bits per heavy atom. The number of unbranched alkanes of at least 4 members (excludes halogenated alkanes) is 6. The molecule has 0 aromatic heterocycles. The van der Waals surface area contributed by atoms with Crippen LogP contribution in [0.25, 0.3) is 0 Å². The number of rotatable bonds is 12. The van der Waals surface area contributed by atoms with Crippen molar-refractivity contribution in [2.24, 2.45) is 11.7 Å². The van der Waals surface area contributed by atoms with Gasteiger partial charge in [0.2, 0.25) is 5.91 Å². The highest BCUT2D eigenvalue weighted by Crippen LogP contribution is 2.10. The molecule has 0 heterocycles. The first kappa shape index (κ1) is 19.4. The molecule has 0 bridgehead atoms. The zero-order valence-corrected chi connectivity index (χ0v) is 14.3. The van der Waals surface area contributed by atoms with Gasteiger partial charge in [0.05, 0.1) is 4.99 Å². The molecule has 3 nitrogen and oxygen atoms in total. The standard InChI is InChI=1S/C16H32N2OS/c1-4-6-7-8-9-10-11-12-15(19)18(5-2)13-14(3)16(17)20/h14H,4-13H2,1-3H3,(H2,17,20). The minimum Gasteiger partial charge on any atom is -0.393 e. The number of carbonyl (C=O) groups excluding carboxylic acids is 1. The Balaban J connectivity index is 3.79. The van der Waals surface area contributed by atoms with Crippen LogP contribution >= 0.6 is 12.2 Å². The van der Waals surface area contributed by atoms with Crippen molar-refractivity contribution in [3.8, 4) is 0 Å². The van der Waals surface area contributed by atoms with Crippen molar-refractivity contribution in [2.75, 3.05) is 13.1 Å². The Labute approximate surface area is 130 Å². The molecule has 0 aliphatic carbocycles. The third-order valence-corrected chi connectivity index (χ3v) is 4.11. The van der Waals surface area contributed by atoms with Gasteiger partial charge in [-0.25, -0.2) is 0 Å². The molecule has 0 spiro atoms. The molecule has 0 aromatic rings. The topological polar surface area (TPSA) is 46.3 Å². The van der Waals surface area contributed by atoms with Crippen molar-refractivity contribution in [1.29, 1.82) is 0 Å². The van der Waals surface area contributed by atoms with Crippen molar-refractivity contribution in [3.05, 3.63) is 0 Å². The van der Waals surface area contributed by atoms with Gasteiger partial charge in [-0.1, -0.05) is 64.6 Å². The van der Waals surface area contributed by atoms with Crippen molar-refractivity contribution < 1.29 is 4.79 Å². The first-order chi connectivity index (χ1) is 9.52. The van der Waals surface area contributed by atoms with Crippen LogP contribution in [0.2, 0.25) is 0 Å². The Bertz CT molecular complexity index is 282. The van der Waals surface area contributed by atoms with E-state index in [4.69, 9.17) is 18.0 Å². The van der Waals surface area contributed by atoms with E-state index in [0.717, 1.165) is 19.4 Å². The third kappa shape index (κ3) is 9.29. The fourth-order valence-corrected chi connectivity index (χ4v) is 2.29. The first-order valence-corrected chi connectivity index (χ1v) is 8.50. The normalized spacial score (nSPS) is 12.2. The van der Waals surface area contributed by atoms with Crippen LogP contribution in [0.3, 0.4) is 0 Å². The van der Waals surface area contributed by atoms with Crippen LogP contribution < -0.4 is 5.73 Å². The summed E-state index contributed by atoms with van der Waals surface area (Å²) in [5.41, 5.74) is 5.61. The summed E-state index contributed by atoms with van der Waals surface area (Å²) in [6.07, 6.45) is 9.33. The summed E-state index contributed by atoms with van der Waals surface area (Å²) in [5.74, 6) is 0.340. The molecule has 1 unspecified atom stereocenters. The van der Waals surface area contributed by atoms with E-state index in [-0.39, 0.29) is 11.8 Å². The summed E-state index contributed by atoms with van der Waals surface area (Å²) in [6, 6.07) is 0. The van der Waals surface area contributed by atoms with Crippen LogP contribution in [0.4, 0.5) is 0 Å². The summed E-state index contributed by atoms with van der Waals surface area (Å²) in [4.78, 5) is 14.5. The van der Waals surface area contributed by atoms with Crippen molar-refractivity contribution >= 4 is 23.1 Å². The second kappa shape index (κ2) is 12.1. The maximum absolute atomic E-state index is 12.1. The molecular formula is C16H32N2OS. The second-order valence-electron chi connectivity index (χ2n) is 5.61. The Hall–Kier alpha value is -0.640. The monoisotopic (exact) mass is 300 g/mol. The van der Waals surface area contributed by atoms with Crippen molar-refractivity contribution in [1.82, 2.24) is 4.90 Å². The van der Waals surface area contributed by atoms with Gasteiger partial charge in [-0.15, -0.1) is 0 Å². The van der Waals surface area contributed by atoms with Crippen LogP contribution in [-0.4, -0.2) is 28.9 Å².